The Hall–Kier alpha value is -3.55. The topological polar surface area (TPSA) is 88.5 Å². The number of hydrogen-bond acceptors (Lipinski definition) is 5. The smallest absolute Gasteiger partial charge is 0.434 e. The van der Waals surface area contributed by atoms with E-state index in [0.717, 1.165) is 25.9 Å². The van der Waals surface area contributed by atoms with Gasteiger partial charge in [-0.2, -0.15) is 9.78 Å². The molecular weight excluding hydrogens is 394 g/mol. The number of nitrogens with one attached hydrogen (secondary N) is 2. The van der Waals surface area contributed by atoms with Gasteiger partial charge in [0.15, 0.2) is 0 Å². The fraction of sp³-hybridized carbons (Fsp3) is 0.348. The van der Waals surface area contributed by atoms with Crippen LogP contribution in [0.4, 0.5) is 21.0 Å². The van der Waals surface area contributed by atoms with E-state index in [1.54, 1.807) is 24.4 Å². The first kappa shape index (κ1) is 19.4. The summed E-state index contributed by atoms with van der Waals surface area (Å²) in [5.74, 6) is 0. The summed E-state index contributed by atoms with van der Waals surface area (Å²) < 4.78 is 5.92. The van der Waals surface area contributed by atoms with Gasteiger partial charge in [-0.1, -0.05) is 18.2 Å². The third-order valence-electron chi connectivity index (χ3n) is 6.21. The fourth-order valence-corrected chi connectivity index (χ4v) is 4.75. The molecule has 8 heteroatoms. The Morgan fingerprint density at radius 2 is 1.94 bits per heavy atom. The summed E-state index contributed by atoms with van der Waals surface area (Å²) >= 11 is 0. The highest BCUT2D eigenvalue weighted by Gasteiger charge is 2.28. The number of benzene rings is 2. The quantitative estimate of drug-likeness (QED) is 0.668. The zero-order valence-corrected chi connectivity index (χ0v) is 17.4. The van der Waals surface area contributed by atoms with Crippen molar-refractivity contribution in [1.29, 1.82) is 0 Å². The molecule has 1 unspecified atom stereocenters. The summed E-state index contributed by atoms with van der Waals surface area (Å²) in [4.78, 5) is 27.1. The highest BCUT2D eigenvalue weighted by atomic mass is 16.5. The van der Waals surface area contributed by atoms with E-state index in [-0.39, 0.29) is 12.1 Å². The highest BCUT2D eigenvalue weighted by Crippen LogP contribution is 2.38. The van der Waals surface area contributed by atoms with Gasteiger partial charge in [0.2, 0.25) is 0 Å². The second kappa shape index (κ2) is 7.94. The zero-order chi connectivity index (χ0) is 21.4. The van der Waals surface area contributed by atoms with Crippen molar-refractivity contribution in [2.24, 2.45) is 0 Å². The van der Waals surface area contributed by atoms with Crippen molar-refractivity contribution in [1.82, 2.24) is 15.1 Å². The van der Waals surface area contributed by atoms with E-state index >= 15 is 0 Å². The van der Waals surface area contributed by atoms with Crippen LogP contribution < -0.4 is 15.5 Å². The number of carbonyl (C=O) groups excluding carboxylic acids is 2. The number of carbonyl (C=O) groups is 2. The molecule has 1 aromatic heterocycles. The Morgan fingerprint density at radius 3 is 2.74 bits per heavy atom. The van der Waals surface area contributed by atoms with Crippen LogP contribution in [-0.4, -0.2) is 42.1 Å². The Morgan fingerprint density at radius 1 is 1.13 bits per heavy atom. The fourth-order valence-electron chi connectivity index (χ4n) is 4.75. The Balaban J connectivity index is 1.33. The molecule has 31 heavy (non-hydrogen) atoms. The van der Waals surface area contributed by atoms with Gasteiger partial charge in [0.05, 0.1) is 30.6 Å². The lowest BCUT2D eigenvalue weighted by Crippen LogP contribution is -2.31. The van der Waals surface area contributed by atoms with Crippen molar-refractivity contribution in [2.75, 3.05) is 30.4 Å². The molecule has 0 radical (unpaired) electrons. The van der Waals surface area contributed by atoms with Crippen molar-refractivity contribution in [2.45, 2.75) is 31.7 Å². The van der Waals surface area contributed by atoms with Crippen molar-refractivity contribution >= 4 is 34.4 Å². The molecule has 8 nitrogen and oxygen atoms in total. The van der Waals surface area contributed by atoms with E-state index in [9.17, 15) is 9.59 Å². The minimum Gasteiger partial charge on any atom is -0.451 e. The summed E-state index contributed by atoms with van der Waals surface area (Å²) in [6.07, 6.45) is 5.31. The van der Waals surface area contributed by atoms with Crippen LogP contribution in [0.2, 0.25) is 0 Å². The number of ether oxygens (including phenoxy) is 1. The SMILES string of the molecule is COC(=O)n1ncc2c(NC(=O)NC3CCc4c3cccc4N3CCCC3)cccc21. The number of urea groups is 1. The highest BCUT2D eigenvalue weighted by molar-refractivity contribution is 6.02. The summed E-state index contributed by atoms with van der Waals surface area (Å²) in [7, 11) is 1.31. The standard InChI is InChI=1S/C23H25N5O3/c1-31-23(30)28-21-9-5-7-18(17(21)14-24-28)25-22(29)26-19-11-10-16-15(19)6-4-8-20(16)27-12-2-3-13-27/h4-9,14,19H,2-3,10-13H2,1H3,(H2,25,26,29). The van der Waals surface area contributed by atoms with Gasteiger partial charge in [0, 0.05) is 24.2 Å². The number of nitrogens with zero attached hydrogens (tertiary/aromatic N) is 3. The van der Waals surface area contributed by atoms with Gasteiger partial charge in [0.25, 0.3) is 0 Å². The van der Waals surface area contributed by atoms with E-state index < -0.39 is 6.09 Å². The molecule has 2 amide bonds. The Labute approximate surface area is 180 Å². The van der Waals surface area contributed by atoms with Crippen LogP contribution >= 0.6 is 0 Å². The van der Waals surface area contributed by atoms with Crippen LogP contribution in [0.15, 0.2) is 42.6 Å². The normalized spacial score (nSPS) is 17.6. The first-order chi connectivity index (χ1) is 15.2. The maximum atomic E-state index is 12.8. The number of hydrogen-bond donors (Lipinski definition) is 2. The van der Waals surface area contributed by atoms with E-state index in [0.29, 0.717) is 16.6 Å². The lowest BCUT2D eigenvalue weighted by atomic mass is 10.1. The van der Waals surface area contributed by atoms with Crippen LogP contribution in [0.1, 0.15) is 36.4 Å². The van der Waals surface area contributed by atoms with Gasteiger partial charge in [-0.3, -0.25) is 0 Å². The van der Waals surface area contributed by atoms with Crippen LogP contribution in [-0.2, 0) is 11.2 Å². The first-order valence-electron chi connectivity index (χ1n) is 10.6. The van der Waals surface area contributed by atoms with Gasteiger partial charge in [-0.25, -0.2) is 9.59 Å². The maximum absolute atomic E-state index is 12.8. The molecule has 0 bridgehead atoms. The van der Waals surface area contributed by atoms with E-state index in [1.165, 1.54) is 41.4 Å². The predicted molar refractivity (Wildman–Crippen MR) is 119 cm³/mol. The minimum absolute atomic E-state index is 0.0189. The van der Waals surface area contributed by atoms with E-state index in [1.807, 2.05) is 0 Å². The van der Waals surface area contributed by atoms with E-state index in [4.69, 9.17) is 4.74 Å². The Kier molecular flexibility index (Phi) is 4.97. The number of rotatable bonds is 3. The van der Waals surface area contributed by atoms with Crippen LogP contribution in [0, 0.1) is 0 Å². The average molecular weight is 419 g/mol. The summed E-state index contributed by atoms with van der Waals surface area (Å²) in [6.45, 7) is 2.22. The molecule has 1 fully saturated rings. The number of amides is 2. The molecular formula is C23H25N5O3. The molecule has 2 aliphatic rings. The molecule has 5 rings (SSSR count). The van der Waals surface area contributed by atoms with Gasteiger partial charge in [0.1, 0.15) is 0 Å². The molecule has 3 aromatic rings. The monoisotopic (exact) mass is 419 g/mol. The third-order valence-corrected chi connectivity index (χ3v) is 6.21. The molecule has 2 heterocycles. The average Bonchev–Trinajstić information content (AvgIpc) is 3.53. The Bertz CT molecular complexity index is 1150. The van der Waals surface area contributed by atoms with Crippen LogP contribution in [0.3, 0.4) is 0 Å². The van der Waals surface area contributed by atoms with Gasteiger partial charge in [-0.15, -0.1) is 0 Å². The van der Waals surface area contributed by atoms with Crippen molar-refractivity contribution in [3.8, 4) is 0 Å². The summed E-state index contributed by atoms with van der Waals surface area (Å²) in [5.41, 5.74) is 5.05. The van der Waals surface area contributed by atoms with Crippen LogP contribution in [0.5, 0.6) is 0 Å². The largest absolute Gasteiger partial charge is 0.451 e. The second-order valence-corrected chi connectivity index (χ2v) is 7.99. The summed E-state index contributed by atoms with van der Waals surface area (Å²) in [5, 5.41) is 10.8. The number of fused-ring (bicyclic) bond motifs is 2. The molecule has 1 atom stereocenters. The number of aromatic nitrogens is 2. The molecule has 1 aliphatic heterocycles. The van der Waals surface area contributed by atoms with Gasteiger partial charge >= 0.3 is 12.1 Å². The predicted octanol–water partition coefficient (Wildman–Crippen LogP) is 4.06. The third kappa shape index (κ3) is 3.48. The van der Waals surface area contributed by atoms with Crippen molar-refractivity contribution < 1.29 is 14.3 Å². The minimum atomic E-state index is -0.576. The van der Waals surface area contributed by atoms with Crippen molar-refractivity contribution in [3.05, 3.63) is 53.7 Å². The molecule has 0 spiro atoms. The lowest BCUT2D eigenvalue weighted by molar-refractivity contribution is 0.170. The van der Waals surface area contributed by atoms with E-state index in [2.05, 4.69) is 38.8 Å². The molecule has 2 N–H and O–H groups in total. The molecule has 160 valence electrons. The number of methoxy groups -OCH3 is 1. The molecule has 0 saturated carbocycles. The lowest BCUT2D eigenvalue weighted by Gasteiger charge is -2.22. The molecule has 2 aromatic carbocycles. The van der Waals surface area contributed by atoms with Gasteiger partial charge < -0.3 is 20.3 Å². The van der Waals surface area contributed by atoms with Gasteiger partial charge in [-0.05, 0) is 55.0 Å². The maximum Gasteiger partial charge on any atom is 0.434 e. The molecule has 1 aliphatic carbocycles. The van der Waals surface area contributed by atoms with Crippen molar-refractivity contribution in [3.63, 3.8) is 0 Å². The molecule has 1 saturated heterocycles. The summed E-state index contributed by atoms with van der Waals surface area (Å²) in [6, 6.07) is 11.4. The first-order valence-corrected chi connectivity index (χ1v) is 10.6. The second-order valence-electron chi connectivity index (χ2n) is 7.99. The van der Waals surface area contributed by atoms with Crippen LogP contribution in [0.25, 0.3) is 10.9 Å². The zero-order valence-electron chi connectivity index (χ0n) is 17.4. The number of anilines is 2.